The Balaban J connectivity index is 1.42. The predicted octanol–water partition coefficient (Wildman–Crippen LogP) is 8.64. The number of aliphatic imine (C=N–C) groups is 1. The number of carbonyl (C=O) groups is 1. The summed E-state index contributed by atoms with van der Waals surface area (Å²) in [5, 5.41) is 1.68. The molecule has 41 heavy (non-hydrogen) atoms. The van der Waals surface area contributed by atoms with Gasteiger partial charge in [-0.3, -0.25) is 14.7 Å². The largest absolute Gasteiger partial charge is 0.490 e. The molecule has 5 nitrogen and oxygen atoms in total. The fourth-order valence-corrected chi connectivity index (χ4v) is 5.74. The van der Waals surface area contributed by atoms with Crippen LogP contribution in [0.1, 0.15) is 29.2 Å². The fraction of sp³-hybridized carbons (Fsp3) is 0.152. The van der Waals surface area contributed by atoms with E-state index in [9.17, 15) is 4.79 Å². The molecule has 4 aromatic carbocycles. The second-order valence-electron chi connectivity index (χ2n) is 9.25. The number of hydrogen-bond donors (Lipinski definition) is 0. The Bertz CT molecular complexity index is 1580. The van der Waals surface area contributed by atoms with Crippen molar-refractivity contribution in [1.82, 2.24) is 4.90 Å². The number of halogens is 2. The minimum Gasteiger partial charge on any atom is -0.490 e. The van der Waals surface area contributed by atoms with Gasteiger partial charge in [-0.15, -0.1) is 0 Å². The van der Waals surface area contributed by atoms with Crippen LogP contribution in [0, 0.1) is 0 Å². The molecule has 1 aliphatic rings. The van der Waals surface area contributed by atoms with E-state index in [1.807, 2.05) is 104 Å². The van der Waals surface area contributed by atoms with Crippen LogP contribution in [0.25, 0.3) is 6.08 Å². The first-order chi connectivity index (χ1) is 20.0. The quantitative estimate of drug-likeness (QED) is 0.170. The minimum atomic E-state index is -0.110. The summed E-state index contributed by atoms with van der Waals surface area (Å²) in [6.45, 7) is 3.52. The maximum atomic E-state index is 13.6. The molecule has 0 radical (unpaired) electrons. The average Bonchev–Trinajstić information content (AvgIpc) is 3.26. The number of thioether (sulfide) groups is 1. The van der Waals surface area contributed by atoms with Crippen molar-refractivity contribution in [2.75, 3.05) is 6.61 Å². The number of benzene rings is 4. The third kappa shape index (κ3) is 7.53. The highest BCUT2D eigenvalue weighted by Gasteiger charge is 2.33. The van der Waals surface area contributed by atoms with Crippen LogP contribution >= 0.6 is 35.0 Å². The van der Waals surface area contributed by atoms with Crippen LogP contribution < -0.4 is 9.47 Å². The van der Waals surface area contributed by atoms with Crippen molar-refractivity contribution >= 4 is 52.1 Å². The first-order valence-corrected chi connectivity index (χ1v) is 14.7. The Kier molecular flexibility index (Phi) is 9.67. The van der Waals surface area contributed by atoms with Crippen LogP contribution in [0.3, 0.4) is 0 Å². The van der Waals surface area contributed by atoms with E-state index in [2.05, 4.69) is 0 Å². The number of amidine groups is 1. The SMILES string of the molecule is CCOc1cc(/C=C2/SC(=NCc3ccccc3)N(Cc3ccccc3)C2=O)cc(Cl)c1OCc1cccc(Cl)c1. The summed E-state index contributed by atoms with van der Waals surface area (Å²) >= 11 is 14.2. The molecule has 0 aliphatic carbocycles. The van der Waals surface area contributed by atoms with Gasteiger partial charge in [-0.2, -0.15) is 0 Å². The minimum absolute atomic E-state index is 0.110. The second kappa shape index (κ2) is 13.8. The number of carbonyl (C=O) groups excluding carboxylic acids is 1. The molecule has 1 saturated heterocycles. The third-order valence-electron chi connectivity index (χ3n) is 6.21. The lowest BCUT2D eigenvalue weighted by Gasteiger charge is -2.16. The van der Waals surface area contributed by atoms with Crippen LogP contribution in [-0.2, 0) is 24.5 Å². The molecule has 4 aromatic rings. The van der Waals surface area contributed by atoms with Gasteiger partial charge in [0, 0.05) is 5.02 Å². The molecule has 1 amide bonds. The molecule has 208 valence electrons. The van der Waals surface area contributed by atoms with Crippen LogP contribution in [0.2, 0.25) is 10.0 Å². The molecule has 0 aromatic heterocycles. The molecular weight excluding hydrogens is 575 g/mol. The zero-order chi connectivity index (χ0) is 28.6. The fourth-order valence-electron chi connectivity index (χ4n) is 4.28. The topological polar surface area (TPSA) is 51.1 Å². The van der Waals surface area contributed by atoms with Gasteiger partial charge < -0.3 is 9.47 Å². The Hall–Kier alpha value is -3.71. The normalized spacial score (nSPS) is 15.1. The van der Waals surface area contributed by atoms with Crippen LogP contribution in [0.4, 0.5) is 0 Å². The molecule has 0 N–H and O–H groups in total. The van der Waals surface area contributed by atoms with Crippen molar-refractivity contribution in [3.63, 3.8) is 0 Å². The molecule has 5 rings (SSSR count). The van der Waals surface area contributed by atoms with Crippen molar-refractivity contribution < 1.29 is 14.3 Å². The highest BCUT2D eigenvalue weighted by atomic mass is 35.5. The Labute approximate surface area is 254 Å². The highest BCUT2D eigenvalue weighted by molar-refractivity contribution is 8.18. The van der Waals surface area contributed by atoms with E-state index in [0.717, 1.165) is 22.3 Å². The second-order valence-corrected chi connectivity index (χ2v) is 11.1. The highest BCUT2D eigenvalue weighted by Crippen LogP contribution is 2.40. The van der Waals surface area contributed by atoms with Crippen molar-refractivity contribution in [3.05, 3.63) is 134 Å². The van der Waals surface area contributed by atoms with Crippen molar-refractivity contribution in [2.45, 2.75) is 26.6 Å². The van der Waals surface area contributed by atoms with Gasteiger partial charge in [0.2, 0.25) is 0 Å². The first-order valence-electron chi connectivity index (χ1n) is 13.2. The molecule has 8 heteroatoms. The van der Waals surface area contributed by atoms with Gasteiger partial charge in [0.15, 0.2) is 16.7 Å². The molecule has 0 unspecified atom stereocenters. The van der Waals surface area contributed by atoms with E-state index in [0.29, 0.717) is 51.3 Å². The van der Waals surface area contributed by atoms with E-state index >= 15 is 0 Å². The van der Waals surface area contributed by atoms with Crippen molar-refractivity contribution in [3.8, 4) is 11.5 Å². The number of rotatable bonds is 10. The lowest BCUT2D eigenvalue weighted by molar-refractivity contribution is -0.122. The van der Waals surface area contributed by atoms with Gasteiger partial charge in [-0.05, 0) is 71.3 Å². The van der Waals surface area contributed by atoms with Crippen molar-refractivity contribution in [2.24, 2.45) is 4.99 Å². The average molecular weight is 604 g/mol. The van der Waals surface area contributed by atoms with Gasteiger partial charge in [0.05, 0.1) is 29.6 Å². The summed E-state index contributed by atoms with van der Waals surface area (Å²) in [5.41, 5.74) is 3.74. The van der Waals surface area contributed by atoms with Crippen LogP contribution in [0.15, 0.2) is 107 Å². The summed E-state index contributed by atoms with van der Waals surface area (Å²) < 4.78 is 11.9. The van der Waals surface area contributed by atoms with E-state index in [1.54, 1.807) is 11.0 Å². The Morgan fingerprint density at radius 1 is 0.854 bits per heavy atom. The summed E-state index contributed by atoms with van der Waals surface area (Å²) in [5.74, 6) is 0.835. The summed E-state index contributed by atoms with van der Waals surface area (Å²) in [4.78, 5) is 20.7. The molecule has 0 spiro atoms. The third-order valence-corrected chi connectivity index (χ3v) is 7.77. The zero-order valence-electron chi connectivity index (χ0n) is 22.4. The number of nitrogens with zero attached hydrogens (tertiary/aromatic N) is 2. The van der Waals surface area contributed by atoms with Crippen LogP contribution in [0.5, 0.6) is 11.5 Å². The molecule has 1 aliphatic heterocycles. The van der Waals surface area contributed by atoms with E-state index in [1.165, 1.54) is 11.8 Å². The maximum Gasteiger partial charge on any atom is 0.267 e. The monoisotopic (exact) mass is 602 g/mol. The smallest absolute Gasteiger partial charge is 0.267 e. The lowest BCUT2D eigenvalue weighted by atomic mass is 10.1. The Morgan fingerprint density at radius 3 is 2.27 bits per heavy atom. The van der Waals surface area contributed by atoms with Crippen LogP contribution in [-0.4, -0.2) is 22.6 Å². The van der Waals surface area contributed by atoms with Gasteiger partial charge >= 0.3 is 0 Å². The maximum absolute atomic E-state index is 13.6. The molecule has 0 atom stereocenters. The zero-order valence-corrected chi connectivity index (χ0v) is 24.8. The lowest BCUT2D eigenvalue weighted by Crippen LogP contribution is -2.28. The molecular formula is C33H28Cl2N2O3S. The van der Waals surface area contributed by atoms with Crippen molar-refractivity contribution in [1.29, 1.82) is 0 Å². The predicted molar refractivity (Wildman–Crippen MR) is 169 cm³/mol. The number of ether oxygens (including phenoxy) is 2. The standard InChI is InChI=1S/C33H28Cl2N2O3S/c1-2-39-29-18-26(17-28(35)31(29)40-22-25-14-9-15-27(34)16-25)19-30-32(38)37(21-24-12-7-4-8-13-24)33(41-30)36-20-23-10-5-3-6-11-23/h3-19H,2,20-22H2,1H3/b30-19+,36-33?. The van der Waals surface area contributed by atoms with Gasteiger partial charge in [-0.25, -0.2) is 0 Å². The van der Waals surface area contributed by atoms with E-state index in [4.69, 9.17) is 37.7 Å². The molecule has 0 bridgehead atoms. The molecule has 0 saturated carbocycles. The van der Waals surface area contributed by atoms with E-state index < -0.39 is 0 Å². The summed E-state index contributed by atoms with van der Waals surface area (Å²) in [6.07, 6.45) is 1.82. The van der Waals surface area contributed by atoms with E-state index in [-0.39, 0.29) is 12.5 Å². The summed E-state index contributed by atoms with van der Waals surface area (Å²) in [7, 11) is 0. The Morgan fingerprint density at radius 2 is 1.56 bits per heavy atom. The molecule has 1 heterocycles. The van der Waals surface area contributed by atoms with Gasteiger partial charge in [0.1, 0.15) is 6.61 Å². The number of amides is 1. The van der Waals surface area contributed by atoms with Gasteiger partial charge in [0.25, 0.3) is 5.91 Å². The van der Waals surface area contributed by atoms with Gasteiger partial charge in [-0.1, -0.05) is 96.0 Å². The number of hydrogen-bond acceptors (Lipinski definition) is 5. The summed E-state index contributed by atoms with van der Waals surface area (Å²) in [6, 6.07) is 31.0. The molecule has 1 fully saturated rings. The first kappa shape index (κ1) is 28.8.